The number of hydrogen-bond donors (Lipinski definition) is 0. The van der Waals surface area contributed by atoms with Crippen molar-refractivity contribution >= 4 is 5.84 Å². The van der Waals surface area contributed by atoms with Crippen molar-refractivity contribution in [3.8, 4) is 0 Å². The lowest BCUT2D eigenvalue weighted by molar-refractivity contribution is 0.435. The van der Waals surface area contributed by atoms with Gasteiger partial charge in [-0.3, -0.25) is 4.99 Å². The Morgan fingerprint density at radius 2 is 2.60 bits per heavy atom. The Labute approximate surface area is 61.9 Å². The summed E-state index contributed by atoms with van der Waals surface area (Å²) in [5, 5.41) is 0. The minimum atomic E-state index is 0.664. The molecular weight excluding hydrogens is 124 g/mol. The third-order valence-corrected chi connectivity index (χ3v) is 2.30. The van der Waals surface area contributed by atoms with Gasteiger partial charge in [0.1, 0.15) is 11.9 Å². The fourth-order valence-corrected chi connectivity index (χ4v) is 1.58. The summed E-state index contributed by atoms with van der Waals surface area (Å²) in [5.74, 6) is 1.40. The van der Waals surface area contributed by atoms with Gasteiger partial charge in [-0.15, -0.1) is 0 Å². The molecule has 2 rings (SSSR count). The highest BCUT2D eigenvalue weighted by Gasteiger charge is 2.38. The van der Waals surface area contributed by atoms with E-state index in [0.717, 1.165) is 0 Å². The molecule has 2 heteroatoms. The van der Waals surface area contributed by atoms with Gasteiger partial charge in [0.15, 0.2) is 0 Å². The summed E-state index contributed by atoms with van der Waals surface area (Å²) in [6.07, 6.45) is 3.92. The van der Waals surface area contributed by atoms with E-state index in [0.29, 0.717) is 6.04 Å². The minimum Gasteiger partial charge on any atom is -0.358 e. The van der Waals surface area contributed by atoms with Gasteiger partial charge in [0.2, 0.25) is 0 Å². The molecule has 0 aliphatic carbocycles. The number of likely N-dealkylation sites (tertiary alicyclic amines) is 1. The van der Waals surface area contributed by atoms with E-state index in [1.165, 1.54) is 38.2 Å². The van der Waals surface area contributed by atoms with Crippen LogP contribution in [-0.4, -0.2) is 29.9 Å². The first kappa shape index (κ1) is 6.20. The topological polar surface area (TPSA) is 15.6 Å². The number of unbranched alkanes of at least 4 members (excludes halogenated alkanes) is 1. The van der Waals surface area contributed by atoms with Crippen molar-refractivity contribution in [1.29, 1.82) is 0 Å². The van der Waals surface area contributed by atoms with Gasteiger partial charge in [0.05, 0.1) is 0 Å². The van der Waals surface area contributed by atoms with Crippen LogP contribution in [0.15, 0.2) is 4.99 Å². The second-order valence-electron chi connectivity index (χ2n) is 3.13. The van der Waals surface area contributed by atoms with Crippen LogP contribution in [0.5, 0.6) is 0 Å². The molecule has 0 aromatic carbocycles. The lowest BCUT2D eigenvalue weighted by Crippen LogP contribution is -2.22. The number of aliphatic imine (C=N–C) groups is 1. The molecule has 0 bridgehead atoms. The monoisotopic (exact) mass is 138 g/mol. The van der Waals surface area contributed by atoms with Crippen molar-refractivity contribution in [1.82, 2.24) is 4.90 Å². The van der Waals surface area contributed by atoms with Crippen LogP contribution in [0.25, 0.3) is 0 Å². The van der Waals surface area contributed by atoms with Gasteiger partial charge < -0.3 is 4.90 Å². The summed E-state index contributed by atoms with van der Waals surface area (Å²) < 4.78 is 0. The van der Waals surface area contributed by atoms with Gasteiger partial charge in [-0.05, 0) is 12.8 Å². The smallest absolute Gasteiger partial charge is 0.125 e. The summed E-state index contributed by atoms with van der Waals surface area (Å²) in [4.78, 5) is 6.78. The van der Waals surface area contributed by atoms with E-state index in [1.807, 2.05) is 0 Å². The second-order valence-corrected chi connectivity index (χ2v) is 3.13. The number of amidine groups is 1. The predicted octanol–water partition coefficient (Wildman–Crippen LogP) is 1.27. The van der Waals surface area contributed by atoms with E-state index in [4.69, 9.17) is 0 Å². The van der Waals surface area contributed by atoms with Gasteiger partial charge in [0, 0.05) is 13.1 Å². The molecule has 0 aromatic rings. The highest BCUT2D eigenvalue weighted by molar-refractivity contribution is 6.00. The standard InChI is InChI=1S/C8H14N2/c1-2-3-5-10-6-4-7-8(10)9-7/h7H,2-6H2,1H3. The summed E-state index contributed by atoms with van der Waals surface area (Å²) >= 11 is 0. The summed E-state index contributed by atoms with van der Waals surface area (Å²) in [5.41, 5.74) is 0. The maximum atomic E-state index is 4.34. The SMILES string of the molecule is CCCCN1CCC2N=C21. The maximum Gasteiger partial charge on any atom is 0.125 e. The third kappa shape index (κ3) is 0.917. The normalized spacial score (nSPS) is 28.3. The molecule has 0 radical (unpaired) electrons. The molecule has 1 fully saturated rings. The zero-order valence-electron chi connectivity index (χ0n) is 6.51. The maximum absolute atomic E-state index is 4.34. The Kier molecular flexibility index (Phi) is 1.40. The van der Waals surface area contributed by atoms with E-state index in [2.05, 4.69) is 16.8 Å². The van der Waals surface area contributed by atoms with Crippen LogP contribution < -0.4 is 0 Å². The van der Waals surface area contributed by atoms with Crippen molar-refractivity contribution in [2.75, 3.05) is 13.1 Å². The van der Waals surface area contributed by atoms with Crippen LogP contribution in [-0.2, 0) is 0 Å². The fourth-order valence-electron chi connectivity index (χ4n) is 1.58. The molecule has 2 aliphatic rings. The zero-order chi connectivity index (χ0) is 6.97. The average molecular weight is 138 g/mol. The molecular formula is C8H14N2. The first-order valence-electron chi connectivity index (χ1n) is 4.24. The molecule has 0 spiro atoms. The lowest BCUT2D eigenvalue weighted by Gasteiger charge is -2.13. The van der Waals surface area contributed by atoms with Crippen molar-refractivity contribution in [2.45, 2.75) is 32.2 Å². The Hall–Kier alpha value is -0.530. The van der Waals surface area contributed by atoms with E-state index in [9.17, 15) is 0 Å². The molecule has 56 valence electrons. The first-order valence-corrected chi connectivity index (χ1v) is 4.24. The molecule has 0 aromatic heterocycles. The van der Waals surface area contributed by atoms with Gasteiger partial charge in [-0.2, -0.15) is 0 Å². The Bertz CT molecular complexity index is 163. The molecule has 2 aliphatic heterocycles. The van der Waals surface area contributed by atoms with Crippen LogP contribution in [0.4, 0.5) is 0 Å². The highest BCUT2D eigenvalue weighted by Crippen LogP contribution is 2.27. The molecule has 2 heterocycles. The molecule has 0 saturated carbocycles. The quantitative estimate of drug-likeness (QED) is 0.573. The van der Waals surface area contributed by atoms with Crippen LogP contribution in [0, 0.1) is 0 Å². The molecule has 2 nitrogen and oxygen atoms in total. The molecule has 1 unspecified atom stereocenters. The van der Waals surface area contributed by atoms with Crippen molar-refractivity contribution in [3.63, 3.8) is 0 Å². The van der Waals surface area contributed by atoms with E-state index >= 15 is 0 Å². The lowest BCUT2D eigenvalue weighted by atomic mass is 10.3. The molecule has 10 heavy (non-hydrogen) atoms. The van der Waals surface area contributed by atoms with Gasteiger partial charge in [-0.1, -0.05) is 13.3 Å². The van der Waals surface area contributed by atoms with Gasteiger partial charge in [0.25, 0.3) is 0 Å². The zero-order valence-corrected chi connectivity index (χ0v) is 6.51. The largest absolute Gasteiger partial charge is 0.358 e. The van der Waals surface area contributed by atoms with Gasteiger partial charge >= 0.3 is 0 Å². The van der Waals surface area contributed by atoms with Crippen molar-refractivity contribution < 1.29 is 0 Å². The third-order valence-electron chi connectivity index (χ3n) is 2.30. The molecule has 1 atom stereocenters. The second kappa shape index (κ2) is 2.26. The number of fused-ring (bicyclic) bond motifs is 1. The first-order chi connectivity index (χ1) is 4.92. The van der Waals surface area contributed by atoms with Crippen molar-refractivity contribution in [2.24, 2.45) is 4.99 Å². The predicted molar refractivity (Wildman–Crippen MR) is 42.3 cm³/mol. The van der Waals surface area contributed by atoms with Crippen molar-refractivity contribution in [3.05, 3.63) is 0 Å². The van der Waals surface area contributed by atoms with Crippen LogP contribution in [0.2, 0.25) is 0 Å². The Morgan fingerprint density at radius 1 is 1.70 bits per heavy atom. The summed E-state index contributed by atoms with van der Waals surface area (Å²) in [6.45, 7) is 4.75. The van der Waals surface area contributed by atoms with Crippen LogP contribution >= 0.6 is 0 Å². The van der Waals surface area contributed by atoms with Gasteiger partial charge in [-0.25, -0.2) is 0 Å². The van der Waals surface area contributed by atoms with E-state index in [-0.39, 0.29) is 0 Å². The minimum absolute atomic E-state index is 0.664. The van der Waals surface area contributed by atoms with E-state index in [1.54, 1.807) is 0 Å². The number of hydrogen-bond acceptors (Lipinski definition) is 2. The molecule has 0 amide bonds. The summed E-state index contributed by atoms with van der Waals surface area (Å²) in [7, 11) is 0. The van der Waals surface area contributed by atoms with Crippen LogP contribution in [0.3, 0.4) is 0 Å². The van der Waals surface area contributed by atoms with Crippen LogP contribution in [0.1, 0.15) is 26.2 Å². The number of nitrogens with zero attached hydrogens (tertiary/aromatic N) is 2. The van der Waals surface area contributed by atoms with E-state index < -0.39 is 0 Å². The number of rotatable bonds is 3. The Balaban J connectivity index is 1.77. The summed E-state index contributed by atoms with van der Waals surface area (Å²) in [6, 6.07) is 0.664. The highest BCUT2D eigenvalue weighted by atomic mass is 15.3. The fraction of sp³-hybridized carbons (Fsp3) is 0.875. The molecule has 1 saturated heterocycles. The Morgan fingerprint density at radius 3 is 3.10 bits per heavy atom. The molecule has 0 N–H and O–H groups in total. The average Bonchev–Trinajstić information content (AvgIpc) is 2.63.